The Morgan fingerprint density at radius 3 is 2.52 bits per heavy atom. The summed E-state index contributed by atoms with van der Waals surface area (Å²) in [6.45, 7) is 5.48. The highest BCUT2D eigenvalue weighted by Gasteiger charge is 2.62. The van der Waals surface area contributed by atoms with Crippen LogP contribution in [0, 0.1) is 5.92 Å². The van der Waals surface area contributed by atoms with E-state index in [1.54, 1.807) is 39.0 Å². The Hall–Kier alpha value is -3.86. The average Bonchev–Trinajstić information content (AvgIpc) is 3.44. The first-order chi connectivity index (χ1) is 25.4. The molecule has 14 nitrogen and oxygen atoms in total. The molecule has 6 rings (SSSR count). The van der Waals surface area contributed by atoms with E-state index in [0.717, 1.165) is 28.9 Å². The summed E-state index contributed by atoms with van der Waals surface area (Å²) in [7, 11) is -4.32. The zero-order valence-electron chi connectivity index (χ0n) is 30.1. The lowest BCUT2D eigenvalue weighted by atomic mass is 10.0. The maximum absolute atomic E-state index is 14.4. The van der Waals surface area contributed by atoms with Gasteiger partial charge < -0.3 is 25.0 Å². The zero-order valence-corrected chi connectivity index (χ0v) is 33.2. The van der Waals surface area contributed by atoms with Gasteiger partial charge in [0.25, 0.3) is 15.9 Å². The van der Waals surface area contributed by atoms with E-state index in [1.807, 2.05) is 12.1 Å². The summed E-state index contributed by atoms with van der Waals surface area (Å²) < 4.78 is 39.8. The Balaban J connectivity index is 1.26. The molecule has 54 heavy (non-hydrogen) atoms. The van der Waals surface area contributed by atoms with Crippen molar-refractivity contribution in [3.63, 3.8) is 0 Å². The van der Waals surface area contributed by atoms with Crippen molar-refractivity contribution >= 4 is 74.5 Å². The van der Waals surface area contributed by atoms with Crippen LogP contribution in [0.5, 0.6) is 0 Å². The largest absolute Gasteiger partial charge is 0.444 e. The first-order valence-corrected chi connectivity index (χ1v) is 20.8. The molecule has 2 aromatic rings. The Kier molecular flexibility index (Phi) is 11.6. The molecule has 1 saturated heterocycles. The third kappa shape index (κ3) is 9.15. The summed E-state index contributed by atoms with van der Waals surface area (Å²) in [5, 5.41) is 6.00. The minimum atomic E-state index is -4.32. The molecule has 1 saturated carbocycles. The Bertz CT molecular complexity index is 1970. The van der Waals surface area contributed by atoms with Gasteiger partial charge in [0.15, 0.2) is 0 Å². The van der Waals surface area contributed by atoms with E-state index in [2.05, 4.69) is 15.4 Å². The number of thiophene rings is 1. The van der Waals surface area contributed by atoms with Crippen LogP contribution in [0.4, 0.5) is 9.59 Å². The molecule has 5 atom stereocenters. The van der Waals surface area contributed by atoms with E-state index >= 15 is 0 Å². The average molecular weight is 825 g/mol. The number of sulfonamides is 1. The normalized spacial score (nSPS) is 26.6. The molecule has 18 heteroatoms. The van der Waals surface area contributed by atoms with E-state index < -0.39 is 75.2 Å². The van der Waals surface area contributed by atoms with Crippen molar-refractivity contribution in [3.05, 3.63) is 63.0 Å². The smallest absolute Gasteiger partial charge is 0.410 e. The lowest BCUT2D eigenvalue weighted by Gasteiger charge is -2.30. The number of hydrogen-bond donors (Lipinski definition) is 3. The molecule has 1 aliphatic carbocycles. The van der Waals surface area contributed by atoms with Crippen molar-refractivity contribution in [1.82, 2.24) is 25.2 Å². The second kappa shape index (κ2) is 15.7. The van der Waals surface area contributed by atoms with E-state index in [1.165, 1.54) is 21.9 Å². The highest BCUT2D eigenvalue weighted by Crippen LogP contribution is 2.46. The van der Waals surface area contributed by atoms with E-state index in [9.17, 15) is 32.4 Å². The number of ether oxygens (including phenoxy) is 2. The molecule has 3 N–H and O–H groups in total. The molecule has 5 amide bonds. The molecule has 0 bridgehead atoms. The van der Waals surface area contributed by atoms with Gasteiger partial charge in [-0.3, -0.25) is 19.3 Å². The SMILES string of the molecule is CC(C)(C)OC(=O)NC1CCCCC/C=C\C2CC2(C(=O)NS(=O)(=O)c2ccc(Cl)s2)NC(=O)C2CC(OC(=O)N3Cc4ccc(Cl)cc4C3)CN2C1=O. The van der Waals surface area contributed by atoms with Crippen LogP contribution in [0.25, 0.3) is 0 Å². The Morgan fingerprint density at radius 2 is 1.80 bits per heavy atom. The van der Waals surface area contributed by atoms with Crippen molar-refractivity contribution in [2.75, 3.05) is 6.54 Å². The number of fused-ring (bicyclic) bond motifs is 3. The molecule has 0 radical (unpaired) electrons. The van der Waals surface area contributed by atoms with Gasteiger partial charge in [-0.25, -0.2) is 22.7 Å². The maximum Gasteiger partial charge on any atom is 0.410 e. The van der Waals surface area contributed by atoms with Crippen LogP contribution in [0.1, 0.15) is 76.8 Å². The molecular formula is C36H43Cl2N5O9S2. The third-order valence-corrected chi connectivity index (χ3v) is 13.1. The van der Waals surface area contributed by atoms with Gasteiger partial charge in [0.05, 0.1) is 10.9 Å². The van der Waals surface area contributed by atoms with E-state index in [4.69, 9.17) is 32.7 Å². The van der Waals surface area contributed by atoms with Gasteiger partial charge in [-0.15, -0.1) is 11.3 Å². The van der Waals surface area contributed by atoms with E-state index in [-0.39, 0.29) is 40.9 Å². The van der Waals surface area contributed by atoms with Crippen LogP contribution in [-0.2, 0) is 47.0 Å². The number of alkyl carbamates (subject to hydrolysis) is 1. The number of halogens is 2. The Labute approximate surface area is 327 Å². The van der Waals surface area contributed by atoms with E-state index in [0.29, 0.717) is 30.8 Å². The standard InChI is InChI=1S/C36H43Cl2N5O9S2/c1-35(2,3)52-33(47)39-26-10-8-6-4-5-7-9-23-17-36(23,32(46)41-54(49,50)29-14-13-28(38)53-29)40-30(44)27-16-25(20-43(27)31(26)45)51-34(48)42-18-21-11-12-24(37)15-22(21)19-42/h7,9,11-15,23,25-27H,4-6,8,10,16-20H2,1-3H3,(H,39,47)(H,40,44)(H,41,46)/b9-7-. The topological polar surface area (TPSA) is 181 Å². The van der Waals surface area contributed by atoms with Gasteiger partial charge in [-0.2, -0.15) is 0 Å². The number of nitrogens with one attached hydrogen (secondary N) is 3. The van der Waals surface area contributed by atoms with Crippen LogP contribution < -0.4 is 15.4 Å². The zero-order chi connectivity index (χ0) is 39.0. The predicted octanol–water partition coefficient (Wildman–Crippen LogP) is 5.27. The molecule has 1 aromatic carbocycles. The van der Waals surface area contributed by atoms with Crippen LogP contribution in [0.2, 0.25) is 9.36 Å². The molecule has 1 aromatic heterocycles. The highest BCUT2D eigenvalue weighted by molar-refractivity contribution is 7.92. The fourth-order valence-corrected chi connectivity index (χ4v) is 9.75. The minimum Gasteiger partial charge on any atom is -0.444 e. The maximum atomic E-state index is 14.4. The first kappa shape index (κ1) is 39.8. The molecule has 5 unspecified atom stereocenters. The van der Waals surface area contributed by atoms with Crippen LogP contribution >= 0.6 is 34.5 Å². The fraction of sp³-hybridized carbons (Fsp3) is 0.528. The lowest BCUT2D eigenvalue weighted by molar-refractivity contribution is -0.141. The number of hydrogen-bond acceptors (Lipinski definition) is 10. The predicted molar refractivity (Wildman–Crippen MR) is 200 cm³/mol. The molecule has 292 valence electrons. The fourth-order valence-electron chi connectivity index (χ4n) is 7.03. The monoisotopic (exact) mass is 823 g/mol. The minimum absolute atomic E-state index is 0.112. The second-order valence-electron chi connectivity index (χ2n) is 15.0. The van der Waals surface area contributed by atoms with Gasteiger partial charge in [0, 0.05) is 30.5 Å². The summed E-state index contributed by atoms with van der Waals surface area (Å²) in [6.07, 6.45) is 4.25. The summed E-state index contributed by atoms with van der Waals surface area (Å²) in [5.41, 5.74) is -0.678. The van der Waals surface area contributed by atoms with Crippen LogP contribution in [0.15, 0.2) is 46.7 Å². The van der Waals surface area contributed by atoms with Crippen molar-refractivity contribution in [3.8, 4) is 0 Å². The van der Waals surface area contributed by atoms with Crippen molar-refractivity contribution < 1.29 is 41.9 Å². The van der Waals surface area contributed by atoms with Gasteiger partial charge in [0.2, 0.25) is 11.8 Å². The van der Waals surface area contributed by atoms with Gasteiger partial charge in [-0.1, -0.05) is 54.3 Å². The van der Waals surface area contributed by atoms with Crippen LogP contribution in [-0.4, -0.2) is 84.0 Å². The molecule has 2 fully saturated rings. The summed E-state index contributed by atoms with van der Waals surface area (Å²) in [6, 6.07) is 5.73. The highest BCUT2D eigenvalue weighted by atomic mass is 35.5. The number of allylic oxidation sites excluding steroid dienone is 1. The van der Waals surface area contributed by atoms with Crippen molar-refractivity contribution in [2.24, 2.45) is 5.92 Å². The third-order valence-electron chi connectivity index (χ3n) is 9.79. The van der Waals surface area contributed by atoms with Crippen molar-refractivity contribution in [2.45, 2.75) is 112 Å². The number of carbonyl (C=O) groups is 5. The van der Waals surface area contributed by atoms with Gasteiger partial charge in [0.1, 0.15) is 33.5 Å². The van der Waals surface area contributed by atoms with Gasteiger partial charge in [-0.05, 0) is 81.8 Å². The first-order valence-electron chi connectivity index (χ1n) is 17.8. The lowest BCUT2D eigenvalue weighted by Crippen LogP contribution is -2.58. The molecule has 3 aliphatic heterocycles. The number of rotatable bonds is 5. The number of benzene rings is 1. The van der Waals surface area contributed by atoms with Gasteiger partial charge >= 0.3 is 12.2 Å². The quantitative estimate of drug-likeness (QED) is 0.339. The number of amides is 5. The number of carbonyl (C=O) groups excluding carboxylic acids is 5. The number of nitrogens with zero attached hydrogens (tertiary/aromatic N) is 2. The second-order valence-corrected chi connectivity index (χ2v) is 19.1. The molecular weight excluding hydrogens is 781 g/mol. The molecule has 0 spiro atoms. The van der Waals surface area contributed by atoms with Crippen molar-refractivity contribution in [1.29, 1.82) is 0 Å². The molecule has 4 aliphatic rings. The summed E-state index contributed by atoms with van der Waals surface area (Å²) in [4.78, 5) is 71.6. The summed E-state index contributed by atoms with van der Waals surface area (Å²) >= 11 is 12.9. The van der Waals surface area contributed by atoms with Crippen LogP contribution in [0.3, 0.4) is 0 Å². The Morgan fingerprint density at radius 1 is 1.04 bits per heavy atom. The molecule has 4 heterocycles. The summed E-state index contributed by atoms with van der Waals surface area (Å²) in [5.74, 6) is -2.78.